The largest absolute Gasteiger partial charge is 0.464 e. The molecule has 0 unspecified atom stereocenters. The van der Waals surface area contributed by atoms with E-state index in [2.05, 4.69) is 0 Å². The van der Waals surface area contributed by atoms with Gasteiger partial charge in [-0.15, -0.1) is 0 Å². The minimum Gasteiger partial charge on any atom is -0.464 e. The molecule has 4 heteroatoms. The Bertz CT molecular complexity index is 526. The van der Waals surface area contributed by atoms with Crippen LogP contribution in [0.4, 0.5) is 8.78 Å². The normalized spacial score (nSPS) is 9.93. The molecule has 74 valence electrons. The maximum atomic E-state index is 13.4. The summed E-state index contributed by atoms with van der Waals surface area (Å²) in [5.74, 6) is -1.20. The molecule has 0 aliphatic carbocycles. The SMILES string of the molecule is N#Cc1cc(F)c(-c2ccco2)cc1F. The van der Waals surface area contributed by atoms with Gasteiger partial charge in [0.1, 0.15) is 23.5 Å². The van der Waals surface area contributed by atoms with Gasteiger partial charge < -0.3 is 4.42 Å². The minimum atomic E-state index is -0.759. The Balaban J connectivity index is 2.61. The van der Waals surface area contributed by atoms with Gasteiger partial charge in [-0.3, -0.25) is 0 Å². The van der Waals surface area contributed by atoms with Gasteiger partial charge in [0.25, 0.3) is 0 Å². The van der Waals surface area contributed by atoms with Gasteiger partial charge in [-0.05, 0) is 24.3 Å². The summed E-state index contributed by atoms with van der Waals surface area (Å²) in [7, 11) is 0. The lowest BCUT2D eigenvalue weighted by Gasteiger charge is -2.00. The van der Waals surface area contributed by atoms with Crippen molar-refractivity contribution >= 4 is 0 Å². The van der Waals surface area contributed by atoms with Gasteiger partial charge in [-0.1, -0.05) is 0 Å². The molecule has 0 saturated carbocycles. The summed E-state index contributed by atoms with van der Waals surface area (Å²) in [6.07, 6.45) is 1.37. The topological polar surface area (TPSA) is 36.9 Å². The molecular formula is C11H5F2NO. The molecule has 0 amide bonds. The number of nitriles is 1. The van der Waals surface area contributed by atoms with E-state index in [9.17, 15) is 8.78 Å². The molecule has 2 nitrogen and oxygen atoms in total. The molecule has 0 radical (unpaired) electrons. The molecule has 2 rings (SSSR count). The highest BCUT2D eigenvalue weighted by atomic mass is 19.1. The molecule has 0 N–H and O–H groups in total. The summed E-state index contributed by atoms with van der Waals surface area (Å²) in [6, 6.07) is 6.46. The van der Waals surface area contributed by atoms with Crippen LogP contribution in [0.1, 0.15) is 5.56 Å². The number of hydrogen-bond donors (Lipinski definition) is 0. The van der Waals surface area contributed by atoms with Crippen molar-refractivity contribution in [3.63, 3.8) is 0 Å². The highest BCUT2D eigenvalue weighted by Gasteiger charge is 2.12. The van der Waals surface area contributed by atoms with Crippen molar-refractivity contribution in [2.24, 2.45) is 0 Å². The molecule has 0 aliphatic heterocycles. The first-order valence-corrected chi connectivity index (χ1v) is 4.15. The van der Waals surface area contributed by atoms with E-state index in [4.69, 9.17) is 9.68 Å². The maximum Gasteiger partial charge on any atom is 0.141 e. The molecule has 1 heterocycles. The highest BCUT2D eigenvalue weighted by molar-refractivity contribution is 5.59. The van der Waals surface area contributed by atoms with Crippen LogP contribution in [0.2, 0.25) is 0 Å². The minimum absolute atomic E-state index is 0.0106. The number of benzene rings is 1. The lowest BCUT2D eigenvalue weighted by Crippen LogP contribution is -1.90. The lowest BCUT2D eigenvalue weighted by molar-refractivity contribution is 0.562. The van der Waals surface area contributed by atoms with Gasteiger partial charge in [-0.25, -0.2) is 8.78 Å². The van der Waals surface area contributed by atoms with Crippen LogP contribution in [0, 0.1) is 23.0 Å². The van der Waals surface area contributed by atoms with E-state index in [1.165, 1.54) is 12.3 Å². The number of halogens is 2. The smallest absolute Gasteiger partial charge is 0.141 e. The van der Waals surface area contributed by atoms with Gasteiger partial charge in [0.05, 0.1) is 17.4 Å². The summed E-state index contributed by atoms with van der Waals surface area (Å²) < 4.78 is 31.5. The fourth-order valence-corrected chi connectivity index (χ4v) is 1.25. The number of rotatable bonds is 1. The molecule has 0 aliphatic rings. The van der Waals surface area contributed by atoms with Crippen molar-refractivity contribution in [3.05, 3.63) is 47.7 Å². The molecule has 0 spiro atoms. The standard InChI is InChI=1S/C11H5F2NO/c12-9-5-8(11-2-1-3-15-11)10(13)4-7(9)6-14/h1-5H. The first-order chi connectivity index (χ1) is 7.22. The molecule has 0 bridgehead atoms. The molecule has 0 saturated heterocycles. The number of nitrogens with zero attached hydrogens (tertiary/aromatic N) is 1. The first-order valence-electron chi connectivity index (χ1n) is 4.15. The fourth-order valence-electron chi connectivity index (χ4n) is 1.25. The Morgan fingerprint density at radius 2 is 2.00 bits per heavy atom. The quantitative estimate of drug-likeness (QED) is 0.717. The van der Waals surface area contributed by atoms with Gasteiger partial charge >= 0.3 is 0 Å². The van der Waals surface area contributed by atoms with Crippen molar-refractivity contribution in [1.29, 1.82) is 5.26 Å². The second-order valence-corrected chi connectivity index (χ2v) is 2.90. The molecule has 1 aromatic heterocycles. The monoisotopic (exact) mass is 205 g/mol. The van der Waals surface area contributed by atoms with Crippen LogP contribution in [0.5, 0.6) is 0 Å². The summed E-state index contributed by atoms with van der Waals surface area (Å²) in [4.78, 5) is 0. The summed E-state index contributed by atoms with van der Waals surface area (Å²) in [5, 5.41) is 8.48. The van der Waals surface area contributed by atoms with Gasteiger partial charge in [0.2, 0.25) is 0 Å². The highest BCUT2D eigenvalue weighted by Crippen LogP contribution is 2.25. The van der Waals surface area contributed by atoms with E-state index in [-0.39, 0.29) is 16.9 Å². The Morgan fingerprint density at radius 1 is 1.20 bits per heavy atom. The summed E-state index contributed by atoms with van der Waals surface area (Å²) in [6.45, 7) is 0. The average Bonchev–Trinajstić information content (AvgIpc) is 2.74. The Hall–Kier alpha value is -2.15. The molecule has 15 heavy (non-hydrogen) atoms. The van der Waals surface area contributed by atoms with Crippen LogP contribution in [0.3, 0.4) is 0 Å². The molecule has 1 aromatic carbocycles. The van der Waals surface area contributed by atoms with E-state index in [1.807, 2.05) is 0 Å². The van der Waals surface area contributed by atoms with Gasteiger partial charge in [0.15, 0.2) is 0 Å². The van der Waals surface area contributed by atoms with Gasteiger partial charge in [-0.2, -0.15) is 5.26 Å². The zero-order valence-electron chi connectivity index (χ0n) is 7.50. The Morgan fingerprint density at radius 3 is 2.60 bits per heavy atom. The lowest BCUT2D eigenvalue weighted by atomic mass is 10.1. The van der Waals surface area contributed by atoms with E-state index in [0.29, 0.717) is 0 Å². The number of hydrogen-bond acceptors (Lipinski definition) is 2. The third kappa shape index (κ3) is 1.59. The predicted molar refractivity (Wildman–Crippen MR) is 48.8 cm³/mol. The van der Waals surface area contributed by atoms with Crippen molar-refractivity contribution in [2.45, 2.75) is 0 Å². The maximum absolute atomic E-state index is 13.4. The third-order valence-electron chi connectivity index (χ3n) is 1.96. The van der Waals surface area contributed by atoms with E-state index >= 15 is 0 Å². The Kier molecular flexibility index (Phi) is 2.22. The fraction of sp³-hybridized carbons (Fsp3) is 0. The van der Waals surface area contributed by atoms with Crippen LogP contribution in [0.15, 0.2) is 34.9 Å². The second kappa shape index (κ2) is 3.54. The van der Waals surface area contributed by atoms with Crippen LogP contribution in [-0.2, 0) is 0 Å². The van der Waals surface area contributed by atoms with Crippen molar-refractivity contribution in [3.8, 4) is 17.4 Å². The van der Waals surface area contributed by atoms with Crippen molar-refractivity contribution < 1.29 is 13.2 Å². The zero-order valence-corrected chi connectivity index (χ0v) is 7.50. The second-order valence-electron chi connectivity index (χ2n) is 2.90. The molecular weight excluding hydrogens is 200 g/mol. The zero-order chi connectivity index (χ0) is 10.8. The van der Waals surface area contributed by atoms with Crippen LogP contribution in [-0.4, -0.2) is 0 Å². The first kappa shape index (κ1) is 9.41. The van der Waals surface area contributed by atoms with Crippen LogP contribution >= 0.6 is 0 Å². The Labute approximate surface area is 84.4 Å². The van der Waals surface area contributed by atoms with Crippen LogP contribution in [0.25, 0.3) is 11.3 Å². The van der Waals surface area contributed by atoms with E-state index < -0.39 is 11.6 Å². The number of furan rings is 1. The predicted octanol–water partition coefficient (Wildman–Crippen LogP) is 3.10. The third-order valence-corrected chi connectivity index (χ3v) is 1.96. The van der Waals surface area contributed by atoms with Gasteiger partial charge in [0, 0.05) is 0 Å². The molecule has 0 atom stereocenters. The van der Waals surface area contributed by atoms with Crippen molar-refractivity contribution in [2.75, 3.05) is 0 Å². The van der Waals surface area contributed by atoms with E-state index in [0.717, 1.165) is 12.1 Å². The summed E-state index contributed by atoms with van der Waals surface area (Å²) >= 11 is 0. The molecule has 0 fully saturated rings. The summed E-state index contributed by atoms with van der Waals surface area (Å²) in [5.41, 5.74) is -0.306. The molecule has 2 aromatic rings. The van der Waals surface area contributed by atoms with Crippen LogP contribution < -0.4 is 0 Å². The van der Waals surface area contributed by atoms with Crippen molar-refractivity contribution in [1.82, 2.24) is 0 Å². The average molecular weight is 205 g/mol. The van der Waals surface area contributed by atoms with E-state index in [1.54, 1.807) is 12.1 Å².